The summed E-state index contributed by atoms with van der Waals surface area (Å²) >= 11 is 11.6. The highest BCUT2D eigenvalue weighted by Gasteiger charge is 2.22. The van der Waals surface area contributed by atoms with Crippen LogP contribution in [-0.2, 0) is 0 Å². The number of rotatable bonds is 3. The molecule has 0 N–H and O–H groups in total. The molecule has 0 radical (unpaired) electrons. The summed E-state index contributed by atoms with van der Waals surface area (Å²) in [4.78, 5) is 13.2. The van der Waals surface area contributed by atoms with Crippen molar-refractivity contribution in [3.8, 4) is 0 Å². The Morgan fingerprint density at radius 1 is 1.33 bits per heavy atom. The van der Waals surface area contributed by atoms with E-state index in [0.717, 1.165) is 12.7 Å². The summed E-state index contributed by atoms with van der Waals surface area (Å²) in [6.07, 6.45) is 1.66. The zero-order chi connectivity index (χ0) is 13.4. The first-order valence-corrected chi connectivity index (χ1v) is 8.34. The molecule has 0 spiro atoms. The van der Waals surface area contributed by atoms with Crippen LogP contribution >= 0.6 is 59.1 Å². The summed E-state index contributed by atoms with van der Waals surface area (Å²) in [5.74, 6) is -0.0236. The summed E-state index contributed by atoms with van der Waals surface area (Å²) in [6, 6.07) is 1.96. The zero-order valence-electron chi connectivity index (χ0n) is 9.58. The van der Waals surface area contributed by atoms with E-state index < -0.39 is 0 Å². The topological polar surface area (TPSA) is 34.9 Å². The van der Waals surface area contributed by atoms with Gasteiger partial charge in [-0.05, 0) is 67.7 Å². The van der Waals surface area contributed by atoms with Crippen LogP contribution < -0.4 is 0 Å². The molecule has 96 valence electrons. The molecule has 0 aliphatic rings. The predicted octanol–water partition coefficient (Wildman–Crippen LogP) is 5.04. The van der Waals surface area contributed by atoms with Crippen molar-refractivity contribution >= 4 is 64.9 Å². The fourth-order valence-electron chi connectivity index (χ4n) is 1.52. The number of hydrogen-bond donors (Lipinski definition) is 0. The Morgan fingerprint density at radius 2 is 2.00 bits per heavy atom. The molecule has 2 aromatic heterocycles. The average Bonchev–Trinajstić information content (AvgIpc) is 2.83. The van der Waals surface area contributed by atoms with Crippen molar-refractivity contribution in [1.29, 1.82) is 0 Å². The summed E-state index contributed by atoms with van der Waals surface area (Å²) in [5, 5.41) is 4.22. The maximum atomic E-state index is 12.5. The van der Waals surface area contributed by atoms with E-state index in [2.05, 4.69) is 52.9 Å². The molecule has 18 heavy (non-hydrogen) atoms. The van der Waals surface area contributed by atoms with Crippen LogP contribution in [0.15, 0.2) is 25.0 Å². The number of ketones is 1. The SMILES string of the molecule is CC(C)n1ncc(Br)c1C(=O)c1cc(Br)c(Br)s1. The van der Waals surface area contributed by atoms with Crippen LogP contribution in [0.5, 0.6) is 0 Å². The summed E-state index contributed by atoms with van der Waals surface area (Å²) in [6.45, 7) is 3.99. The quantitative estimate of drug-likeness (QED) is 0.606. The van der Waals surface area contributed by atoms with Crippen LogP contribution in [0.2, 0.25) is 0 Å². The smallest absolute Gasteiger partial charge is 0.222 e. The molecule has 2 heterocycles. The van der Waals surface area contributed by atoms with Gasteiger partial charge in [0.25, 0.3) is 0 Å². The van der Waals surface area contributed by atoms with E-state index >= 15 is 0 Å². The van der Waals surface area contributed by atoms with E-state index in [9.17, 15) is 4.79 Å². The number of carbonyl (C=O) groups is 1. The Kier molecular flexibility index (Phi) is 4.46. The molecule has 0 aliphatic carbocycles. The van der Waals surface area contributed by atoms with Gasteiger partial charge in [0.05, 0.1) is 19.3 Å². The number of aromatic nitrogens is 2. The van der Waals surface area contributed by atoms with E-state index in [0.29, 0.717) is 10.6 Å². The van der Waals surface area contributed by atoms with Crippen molar-refractivity contribution < 1.29 is 4.79 Å². The highest BCUT2D eigenvalue weighted by molar-refractivity contribution is 9.13. The molecule has 0 saturated heterocycles. The molecule has 0 unspecified atom stereocenters. The lowest BCUT2D eigenvalue weighted by atomic mass is 10.2. The second kappa shape index (κ2) is 5.56. The normalized spacial score (nSPS) is 11.2. The van der Waals surface area contributed by atoms with Crippen molar-refractivity contribution in [3.05, 3.63) is 35.6 Å². The molecule has 2 aromatic rings. The average molecular weight is 457 g/mol. The molecular formula is C11H9Br3N2OS. The van der Waals surface area contributed by atoms with Gasteiger partial charge in [-0.15, -0.1) is 11.3 Å². The molecule has 3 nitrogen and oxygen atoms in total. The van der Waals surface area contributed by atoms with Crippen molar-refractivity contribution in [2.24, 2.45) is 0 Å². The number of nitrogens with zero attached hydrogens (tertiary/aromatic N) is 2. The molecule has 2 rings (SSSR count). The monoisotopic (exact) mass is 454 g/mol. The van der Waals surface area contributed by atoms with Gasteiger partial charge in [-0.1, -0.05) is 0 Å². The van der Waals surface area contributed by atoms with E-state index in [-0.39, 0.29) is 11.8 Å². The maximum absolute atomic E-state index is 12.5. The lowest BCUT2D eigenvalue weighted by Crippen LogP contribution is -2.13. The zero-order valence-corrected chi connectivity index (χ0v) is 15.2. The molecule has 0 bridgehead atoms. The van der Waals surface area contributed by atoms with Crippen molar-refractivity contribution in [3.63, 3.8) is 0 Å². The molecule has 0 atom stereocenters. The fraction of sp³-hybridized carbons (Fsp3) is 0.273. The Labute approximate surface area is 134 Å². The van der Waals surface area contributed by atoms with Gasteiger partial charge in [0.1, 0.15) is 5.69 Å². The number of thiophene rings is 1. The maximum Gasteiger partial charge on any atom is 0.222 e. The van der Waals surface area contributed by atoms with Crippen LogP contribution in [0.1, 0.15) is 35.3 Å². The third-order valence-corrected chi connectivity index (χ3v) is 6.16. The number of halogens is 3. The predicted molar refractivity (Wildman–Crippen MR) is 83.5 cm³/mol. The van der Waals surface area contributed by atoms with E-state index in [1.807, 2.05) is 19.9 Å². The van der Waals surface area contributed by atoms with Crippen LogP contribution in [0.4, 0.5) is 0 Å². The number of hydrogen-bond acceptors (Lipinski definition) is 3. The second-order valence-corrected chi connectivity index (χ2v) is 8.02. The highest BCUT2D eigenvalue weighted by Crippen LogP contribution is 2.34. The van der Waals surface area contributed by atoms with Gasteiger partial charge >= 0.3 is 0 Å². The molecule has 0 aromatic carbocycles. The largest absolute Gasteiger partial charge is 0.286 e. The van der Waals surface area contributed by atoms with Crippen molar-refractivity contribution in [1.82, 2.24) is 9.78 Å². The minimum atomic E-state index is -0.0236. The van der Waals surface area contributed by atoms with Crippen LogP contribution in [-0.4, -0.2) is 15.6 Å². The summed E-state index contributed by atoms with van der Waals surface area (Å²) in [7, 11) is 0. The van der Waals surface area contributed by atoms with Crippen molar-refractivity contribution in [2.45, 2.75) is 19.9 Å². The van der Waals surface area contributed by atoms with E-state index in [1.54, 1.807) is 10.9 Å². The molecule has 0 aliphatic heterocycles. The van der Waals surface area contributed by atoms with E-state index in [1.165, 1.54) is 11.3 Å². The Morgan fingerprint density at radius 3 is 2.50 bits per heavy atom. The lowest BCUT2D eigenvalue weighted by molar-refractivity contribution is 0.103. The van der Waals surface area contributed by atoms with Gasteiger partial charge in [0.15, 0.2) is 0 Å². The third-order valence-electron chi connectivity index (χ3n) is 2.32. The third kappa shape index (κ3) is 2.64. The number of carbonyl (C=O) groups excluding carboxylic acids is 1. The fourth-order valence-corrected chi connectivity index (χ4v) is 3.95. The van der Waals surface area contributed by atoms with Gasteiger partial charge in [-0.3, -0.25) is 9.48 Å². The summed E-state index contributed by atoms with van der Waals surface area (Å²) < 4.78 is 4.26. The van der Waals surface area contributed by atoms with Gasteiger partial charge in [0.2, 0.25) is 5.78 Å². The van der Waals surface area contributed by atoms with Gasteiger partial charge in [0, 0.05) is 10.5 Å². The van der Waals surface area contributed by atoms with Gasteiger partial charge in [-0.2, -0.15) is 5.10 Å². The van der Waals surface area contributed by atoms with Crippen LogP contribution in [0.25, 0.3) is 0 Å². The van der Waals surface area contributed by atoms with Crippen molar-refractivity contribution in [2.75, 3.05) is 0 Å². The minimum absolute atomic E-state index is 0.0236. The first-order valence-electron chi connectivity index (χ1n) is 5.14. The highest BCUT2D eigenvalue weighted by atomic mass is 79.9. The van der Waals surface area contributed by atoms with Gasteiger partial charge < -0.3 is 0 Å². The first kappa shape index (κ1) is 14.4. The molecular weight excluding hydrogens is 448 g/mol. The standard InChI is InChI=1S/C11H9Br3N2OS/c1-5(2)16-9(7(13)4-15-16)10(17)8-3-6(12)11(14)18-8/h3-5H,1-2H3. The first-order chi connectivity index (χ1) is 8.41. The van der Waals surface area contributed by atoms with Crippen LogP contribution in [0.3, 0.4) is 0 Å². The van der Waals surface area contributed by atoms with Gasteiger partial charge in [-0.25, -0.2) is 0 Å². The van der Waals surface area contributed by atoms with E-state index in [4.69, 9.17) is 0 Å². The van der Waals surface area contributed by atoms with Crippen LogP contribution in [0, 0.1) is 0 Å². The summed E-state index contributed by atoms with van der Waals surface area (Å²) in [5.41, 5.74) is 0.589. The molecule has 7 heteroatoms. The second-order valence-electron chi connectivity index (χ2n) is 3.94. The minimum Gasteiger partial charge on any atom is -0.286 e. The Balaban J connectivity index is 2.49. The Bertz CT molecular complexity index is 584. The lowest BCUT2D eigenvalue weighted by Gasteiger charge is -2.09. The molecule has 0 saturated carbocycles. The molecule has 0 fully saturated rings. The molecule has 0 amide bonds. The Hall–Kier alpha value is 0.0200.